The van der Waals surface area contributed by atoms with Gasteiger partial charge >= 0.3 is 0 Å². The van der Waals surface area contributed by atoms with E-state index in [4.69, 9.17) is 4.74 Å². The van der Waals surface area contributed by atoms with Crippen molar-refractivity contribution < 1.29 is 9.53 Å². The van der Waals surface area contributed by atoms with Gasteiger partial charge in [0.2, 0.25) is 0 Å². The third kappa shape index (κ3) is 4.42. The second-order valence-electron chi connectivity index (χ2n) is 6.34. The minimum atomic E-state index is -0.0155. The second kappa shape index (κ2) is 8.06. The van der Waals surface area contributed by atoms with Crippen molar-refractivity contribution in [2.75, 3.05) is 19.7 Å². The number of hydrogen-bond donors (Lipinski definition) is 0. The Morgan fingerprint density at radius 1 is 1.25 bits per heavy atom. The van der Waals surface area contributed by atoms with E-state index in [1.165, 1.54) is 11.1 Å². The maximum absolute atomic E-state index is 12.8. The van der Waals surface area contributed by atoms with Crippen molar-refractivity contribution in [2.24, 2.45) is 0 Å². The van der Waals surface area contributed by atoms with Crippen LogP contribution in [0.4, 0.5) is 0 Å². The summed E-state index contributed by atoms with van der Waals surface area (Å²) in [5.41, 5.74) is 2.99. The van der Waals surface area contributed by atoms with Gasteiger partial charge in [-0.05, 0) is 43.9 Å². The Kier molecular flexibility index (Phi) is 5.59. The summed E-state index contributed by atoms with van der Waals surface area (Å²) in [7, 11) is 0. The summed E-state index contributed by atoms with van der Waals surface area (Å²) in [6, 6.07) is 13.9. The normalized spacial score (nSPS) is 17.0. The second-order valence-corrected chi connectivity index (χ2v) is 6.34. The highest BCUT2D eigenvalue weighted by Gasteiger charge is 2.23. The zero-order valence-corrected chi connectivity index (χ0v) is 14.1. The predicted molar refractivity (Wildman–Crippen MR) is 94.0 cm³/mol. The molecule has 1 aliphatic heterocycles. The largest absolute Gasteiger partial charge is 0.376 e. The molecule has 24 heavy (non-hydrogen) atoms. The lowest BCUT2D eigenvalue weighted by molar-refractivity contribution is 0.0524. The molecule has 1 fully saturated rings. The smallest absolute Gasteiger partial charge is 0.272 e. The van der Waals surface area contributed by atoms with Gasteiger partial charge < -0.3 is 9.64 Å². The fourth-order valence-corrected chi connectivity index (χ4v) is 2.98. The van der Waals surface area contributed by atoms with Gasteiger partial charge in [0.25, 0.3) is 5.91 Å². The molecular weight excluding hydrogens is 300 g/mol. The molecule has 0 saturated carbocycles. The molecule has 1 amide bonds. The number of aryl methyl sites for hydroxylation is 1. The van der Waals surface area contributed by atoms with E-state index in [1.54, 1.807) is 12.3 Å². The highest BCUT2D eigenvalue weighted by molar-refractivity contribution is 5.92. The summed E-state index contributed by atoms with van der Waals surface area (Å²) in [6.45, 7) is 4.20. The number of amides is 1. The van der Waals surface area contributed by atoms with Crippen LogP contribution in [0.2, 0.25) is 0 Å². The van der Waals surface area contributed by atoms with Crippen LogP contribution in [0.5, 0.6) is 0 Å². The Balaban J connectivity index is 1.68. The number of carbonyl (C=O) groups is 1. The van der Waals surface area contributed by atoms with Crippen LogP contribution in [-0.4, -0.2) is 41.6 Å². The monoisotopic (exact) mass is 324 g/mol. The summed E-state index contributed by atoms with van der Waals surface area (Å²) in [5.74, 6) is -0.0155. The summed E-state index contributed by atoms with van der Waals surface area (Å²) in [5, 5.41) is 0. The molecule has 1 saturated heterocycles. The molecule has 4 nitrogen and oxygen atoms in total. The Hall–Kier alpha value is -2.20. The number of carbonyl (C=O) groups excluding carboxylic acids is 1. The number of hydrogen-bond acceptors (Lipinski definition) is 3. The lowest BCUT2D eigenvalue weighted by Crippen LogP contribution is -2.39. The van der Waals surface area contributed by atoms with E-state index in [2.05, 4.69) is 36.2 Å². The fraction of sp³-hybridized carbons (Fsp3) is 0.400. The Bertz CT molecular complexity index is 649. The minimum absolute atomic E-state index is 0.0155. The number of rotatable bonds is 6. The van der Waals surface area contributed by atoms with Crippen LogP contribution >= 0.6 is 0 Å². The molecule has 2 aromatic rings. The quantitative estimate of drug-likeness (QED) is 0.819. The van der Waals surface area contributed by atoms with Crippen molar-refractivity contribution in [2.45, 2.75) is 32.3 Å². The molecule has 0 N–H and O–H groups in total. The number of aromatic nitrogens is 1. The summed E-state index contributed by atoms with van der Waals surface area (Å²) in [6.07, 6.45) is 4.75. The molecule has 0 radical (unpaired) electrons. The summed E-state index contributed by atoms with van der Waals surface area (Å²) >= 11 is 0. The maximum atomic E-state index is 12.8. The van der Waals surface area contributed by atoms with Crippen molar-refractivity contribution in [1.29, 1.82) is 0 Å². The van der Waals surface area contributed by atoms with Crippen LogP contribution in [-0.2, 0) is 11.2 Å². The van der Waals surface area contributed by atoms with E-state index in [1.807, 2.05) is 17.0 Å². The zero-order chi connectivity index (χ0) is 16.8. The lowest BCUT2D eigenvalue weighted by atomic mass is 10.1. The van der Waals surface area contributed by atoms with Crippen LogP contribution in [0.25, 0.3) is 0 Å². The molecule has 3 rings (SSSR count). The van der Waals surface area contributed by atoms with Gasteiger partial charge in [0, 0.05) is 25.9 Å². The Morgan fingerprint density at radius 3 is 2.75 bits per heavy atom. The van der Waals surface area contributed by atoms with Gasteiger partial charge in [-0.1, -0.05) is 35.9 Å². The third-order valence-electron chi connectivity index (χ3n) is 4.41. The predicted octanol–water partition coefficient (Wildman–Crippen LogP) is 3.25. The number of pyridine rings is 1. The first-order valence-corrected chi connectivity index (χ1v) is 8.60. The summed E-state index contributed by atoms with van der Waals surface area (Å²) in [4.78, 5) is 18.9. The van der Waals surface area contributed by atoms with E-state index in [-0.39, 0.29) is 12.0 Å². The highest BCUT2D eigenvalue weighted by Crippen LogP contribution is 2.15. The van der Waals surface area contributed by atoms with Crippen LogP contribution in [0.1, 0.15) is 34.5 Å². The molecule has 1 aromatic carbocycles. The van der Waals surface area contributed by atoms with Gasteiger partial charge in [-0.3, -0.25) is 9.78 Å². The molecule has 4 heteroatoms. The molecule has 0 aliphatic carbocycles. The van der Waals surface area contributed by atoms with Crippen LogP contribution in [0.3, 0.4) is 0 Å². The Labute approximate surface area is 143 Å². The first kappa shape index (κ1) is 16.7. The number of ether oxygens (including phenoxy) is 1. The average Bonchev–Trinajstić information content (AvgIpc) is 3.13. The van der Waals surface area contributed by atoms with Gasteiger partial charge in [-0.2, -0.15) is 0 Å². The minimum Gasteiger partial charge on any atom is -0.376 e. The van der Waals surface area contributed by atoms with Crippen molar-refractivity contribution in [3.05, 3.63) is 65.5 Å². The summed E-state index contributed by atoms with van der Waals surface area (Å²) < 4.78 is 5.72. The van der Waals surface area contributed by atoms with E-state index < -0.39 is 0 Å². The SMILES string of the molecule is Cc1ccc(CCN(C[C@H]2CCCO2)C(=O)c2ccccn2)cc1. The highest BCUT2D eigenvalue weighted by atomic mass is 16.5. The van der Waals surface area contributed by atoms with E-state index in [9.17, 15) is 4.79 Å². The van der Waals surface area contributed by atoms with Crippen LogP contribution in [0.15, 0.2) is 48.7 Å². The van der Waals surface area contributed by atoms with E-state index >= 15 is 0 Å². The van der Waals surface area contributed by atoms with Crippen molar-refractivity contribution >= 4 is 5.91 Å². The van der Waals surface area contributed by atoms with Crippen LogP contribution in [0, 0.1) is 6.92 Å². The first-order valence-electron chi connectivity index (χ1n) is 8.60. The topological polar surface area (TPSA) is 42.4 Å². The maximum Gasteiger partial charge on any atom is 0.272 e. The number of benzene rings is 1. The van der Waals surface area contributed by atoms with E-state index in [0.29, 0.717) is 18.8 Å². The van der Waals surface area contributed by atoms with Gasteiger partial charge in [0.15, 0.2) is 0 Å². The van der Waals surface area contributed by atoms with Gasteiger partial charge in [-0.25, -0.2) is 0 Å². The molecule has 1 aliphatic rings. The zero-order valence-electron chi connectivity index (χ0n) is 14.1. The standard InChI is InChI=1S/C20H24N2O2/c1-16-7-9-17(10-8-16)11-13-22(15-18-5-4-14-24-18)20(23)19-6-2-3-12-21-19/h2-3,6-10,12,18H,4-5,11,13-15H2,1H3/t18-/m1/s1. The van der Waals surface area contributed by atoms with Crippen molar-refractivity contribution in [3.8, 4) is 0 Å². The molecule has 0 unspecified atom stereocenters. The first-order chi connectivity index (χ1) is 11.7. The fourth-order valence-electron chi connectivity index (χ4n) is 2.98. The molecular formula is C20H24N2O2. The van der Waals surface area contributed by atoms with Gasteiger partial charge in [0.05, 0.1) is 6.10 Å². The van der Waals surface area contributed by atoms with E-state index in [0.717, 1.165) is 25.9 Å². The molecule has 2 heterocycles. The van der Waals surface area contributed by atoms with Crippen molar-refractivity contribution in [3.63, 3.8) is 0 Å². The molecule has 0 spiro atoms. The van der Waals surface area contributed by atoms with Crippen LogP contribution < -0.4 is 0 Å². The Morgan fingerprint density at radius 2 is 2.08 bits per heavy atom. The molecule has 1 aromatic heterocycles. The molecule has 1 atom stereocenters. The average molecular weight is 324 g/mol. The third-order valence-corrected chi connectivity index (χ3v) is 4.41. The number of nitrogens with zero attached hydrogens (tertiary/aromatic N) is 2. The van der Waals surface area contributed by atoms with Crippen molar-refractivity contribution in [1.82, 2.24) is 9.88 Å². The van der Waals surface area contributed by atoms with Gasteiger partial charge in [-0.15, -0.1) is 0 Å². The van der Waals surface area contributed by atoms with Gasteiger partial charge in [0.1, 0.15) is 5.69 Å². The lowest BCUT2D eigenvalue weighted by Gasteiger charge is -2.25. The molecule has 0 bridgehead atoms. The molecule has 126 valence electrons.